The molecular formula is C21H38ClN3O2. The lowest BCUT2D eigenvalue weighted by Gasteiger charge is -2.36. The maximum Gasteiger partial charge on any atom is 0.222 e. The standard InChI is InChI=1S/C21H37N3O2.ClH/c1-17(19-8-10-22-11-9-19)16-21(26)24-14-12-23(13-15-24)20(25)7-6-18-4-2-3-5-18;/h17-19,22H,2-16H2,1H3;1H. The third-order valence-corrected chi connectivity index (χ3v) is 6.91. The summed E-state index contributed by atoms with van der Waals surface area (Å²) in [6.45, 7) is 7.28. The highest BCUT2D eigenvalue weighted by atomic mass is 35.5. The fraction of sp³-hybridized carbons (Fsp3) is 0.905. The van der Waals surface area contributed by atoms with Crippen molar-refractivity contribution in [3.05, 3.63) is 0 Å². The van der Waals surface area contributed by atoms with Crippen LogP contribution in [0.15, 0.2) is 0 Å². The van der Waals surface area contributed by atoms with Gasteiger partial charge in [0.1, 0.15) is 0 Å². The topological polar surface area (TPSA) is 52.7 Å². The molecule has 2 heterocycles. The third kappa shape index (κ3) is 6.63. The molecule has 3 fully saturated rings. The van der Waals surface area contributed by atoms with Gasteiger partial charge in [-0.1, -0.05) is 32.6 Å². The minimum absolute atomic E-state index is 0. The molecule has 5 nitrogen and oxygen atoms in total. The molecule has 3 rings (SSSR count). The van der Waals surface area contributed by atoms with Crippen LogP contribution in [0.4, 0.5) is 0 Å². The van der Waals surface area contributed by atoms with Crippen molar-refractivity contribution >= 4 is 24.2 Å². The maximum absolute atomic E-state index is 12.6. The first-order valence-corrected chi connectivity index (χ1v) is 10.9. The zero-order valence-electron chi connectivity index (χ0n) is 17.0. The number of nitrogens with zero attached hydrogens (tertiary/aromatic N) is 2. The van der Waals surface area contributed by atoms with Crippen LogP contribution in [-0.4, -0.2) is 60.9 Å². The molecule has 156 valence electrons. The summed E-state index contributed by atoms with van der Waals surface area (Å²) in [7, 11) is 0. The van der Waals surface area contributed by atoms with Crippen LogP contribution in [0.5, 0.6) is 0 Å². The highest BCUT2D eigenvalue weighted by molar-refractivity contribution is 5.85. The number of halogens is 1. The molecule has 2 amide bonds. The third-order valence-electron chi connectivity index (χ3n) is 6.91. The number of carbonyl (C=O) groups is 2. The first-order chi connectivity index (χ1) is 12.6. The van der Waals surface area contributed by atoms with Gasteiger partial charge in [0.2, 0.25) is 11.8 Å². The molecule has 0 aromatic rings. The lowest BCUT2D eigenvalue weighted by Crippen LogP contribution is -2.51. The van der Waals surface area contributed by atoms with Crippen molar-refractivity contribution in [2.75, 3.05) is 39.3 Å². The second kappa shape index (κ2) is 11.3. The Bertz CT molecular complexity index is 468. The van der Waals surface area contributed by atoms with E-state index in [4.69, 9.17) is 0 Å². The first-order valence-electron chi connectivity index (χ1n) is 10.9. The predicted molar refractivity (Wildman–Crippen MR) is 111 cm³/mol. The van der Waals surface area contributed by atoms with Crippen molar-refractivity contribution in [3.8, 4) is 0 Å². The molecule has 0 aromatic heterocycles. The largest absolute Gasteiger partial charge is 0.339 e. The Balaban J connectivity index is 0.00000261. The van der Waals surface area contributed by atoms with Crippen LogP contribution >= 0.6 is 12.4 Å². The van der Waals surface area contributed by atoms with Gasteiger partial charge in [-0.2, -0.15) is 0 Å². The molecule has 1 atom stereocenters. The molecule has 0 spiro atoms. The Morgan fingerprint density at radius 1 is 0.926 bits per heavy atom. The van der Waals surface area contributed by atoms with E-state index in [1.54, 1.807) is 0 Å². The lowest BCUT2D eigenvalue weighted by atomic mass is 9.84. The molecule has 1 saturated carbocycles. The Morgan fingerprint density at radius 3 is 2.07 bits per heavy atom. The number of nitrogens with one attached hydrogen (secondary N) is 1. The Kier molecular flexibility index (Phi) is 9.37. The summed E-state index contributed by atoms with van der Waals surface area (Å²) < 4.78 is 0. The van der Waals surface area contributed by atoms with E-state index in [1.807, 2.05) is 9.80 Å². The van der Waals surface area contributed by atoms with Crippen molar-refractivity contribution < 1.29 is 9.59 Å². The van der Waals surface area contributed by atoms with Crippen LogP contribution in [0.3, 0.4) is 0 Å². The average molecular weight is 400 g/mol. The summed E-state index contributed by atoms with van der Waals surface area (Å²) >= 11 is 0. The summed E-state index contributed by atoms with van der Waals surface area (Å²) in [6.07, 6.45) is 10.1. The van der Waals surface area contributed by atoms with Gasteiger partial charge < -0.3 is 15.1 Å². The van der Waals surface area contributed by atoms with Crippen molar-refractivity contribution in [2.24, 2.45) is 17.8 Å². The van der Waals surface area contributed by atoms with E-state index in [0.29, 0.717) is 43.7 Å². The molecule has 3 aliphatic rings. The second-order valence-corrected chi connectivity index (χ2v) is 8.72. The van der Waals surface area contributed by atoms with Gasteiger partial charge in [-0.25, -0.2) is 0 Å². The zero-order chi connectivity index (χ0) is 18.4. The first kappa shape index (κ1) is 22.5. The highest BCUT2D eigenvalue weighted by Crippen LogP contribution is 2.29. The number of piperidine rings is 1. The molecule has 2 saturated heterocycles. The van der Waals surface area contributed by atoms with E-state index >= 15 is 0 Å². The summed E-state index contributed by atoms with van der Waals surface area (Å²) in [4.78, 5) is 29.0. The van der Waals surface area contributed by atoms with Crippen LogP contribution in [0, 0.1) is 17.8 Å². The fourth-order valence-corrected chi connectivity index (χ4v) is 4.97. The number of hydrogen-bond donors (Lipinski definition) is 1. The molecule has 0 aromatic carbocycles. The zero-order valence-corrected chi connectivity index (χ0v) is 17.8. The van der Waals surface area contributed by atoms with Gasteiger partial charge in [-0.05, 0) is 50.1 Å². The van der Waals surface area contributed by atoms with Gasteiger partial charge in [-0.3, -0.25) is 9.59 Å². The second-order valence-electron chi connectivity index (χ2n) is 8.72. The highest BCUT2D eigenvalue weighted by Gasteiger charge is 2.28. The monoisotopic (exact) mass is 399 g/mol. The average Bonchev–Trinajstić information content (AvgIpc) is 3.20. The van der Waals surface area contributed by atoms with Crippen molar-refractivity contribution in [1.82, 2.24) is 15.1 Å². The number of piperazine rings is 1. The fourth-order valence-electron chi connectivity index (χ4n) is 4.97. The van der Waals surface area contributed by atoms with Crippen LogP contribution in [-0.2, 0) is 9.59 Å². The van der Waals surface area contributed by atoms with E-state index < -0.39 is 0 Å². The molecule has 1 N–H and O–H groups in total. The van der Waals surface area contributed by atoms with Crippen molar-refractivity contribution in [2.45, 2.75) is 64.7 Å². The molecule has 1 unspecified atom stereocenters. The van der Waals surface area contributed by atoms with Gasteiger partial charge in [0.05, 0.1) is 0 Å². The van der Waals surface area contributed by atoms with Gasteiger partial charge in [0.25, 0.3) is 0 Å². The number of rotatable bonds is 6. The van der Waals surface area contributed by atoms with Crippen LogP contribution in [0.1, 0.15) is 64.7 Å². The molecule has 0 radical (unpaired) electrons. The molecule has 2 aliphatic heterocycles. The maximum atomic E-state index is 12.6. The number of amides is 2. The Hall–Kier alpha value is -0.810. The van der Waals surface area contributed by atoms with Crippen LogP contribution < -0.4 is 5.32 Å². The van der Waals surface area contributed by atoms with E-state index in [-0.39, 0.29) is 18.3 Å². The van der Waals surface area contributed by atoms with Gasteiger partial charge in [-0.15, -0.1) is 12.4 Å². The minimum Gasteiger partial charge on any atom is -0.339 e. The summed E-state index contributed by atoms with van der Waals surface area (Å²) in [5.74, 6) is 2.51. The van der Waals surface area contributed by atoms with Crippen molar-refractivity contribution in [3.63, 3.8) is 0 Å². The van der Waals surface area contributed by atoms with Crippen LogP contribution in [0.2, 0.25) is 0 Å². The normalized spacial score (nSPS) is 23.1. The molecule has 27 heavy (non-hydrogen) atoms. The summed E-state index contributed by atoms with van der Waals surface area (Å²) in [5, 5.41) is 3.40. The van der Waals surface area contributed by atoms with Gasteiger partial charge in [0.15, 0.2) is 0 Å². The number of hydrogen-bond acceptors (Lipinski definition) is 3. The van der Waals surface area contributed by atoms with E-state index in [2.05, 4.69) is 12.2 Å². The van der Waals surface area contributed by atoms with E-state index in [1.165, 1.54) is 38.5 Å². The Labute approximate surface area is 171 Å². The molecule has 1 aliphatic carbocycles. The predicted octanol–water partition coefficient (Wildman–Crippen LogP) is 3.08. The molecule has 6 heteroatoms. The lowest BCUT2D eigenvalue weighted by molar-refractivity contribution is -0.140. The summed E-state index contributed by atoms with van der Waals surface area (Å²) in [5.41, 5.74) is 0. The SMILES string of the molecule is CC(CC(=O)N1CCN(C(=O)CCC2CCCC2)CC1)C1CCNCC1.Cl. The molecular weight excluding hydrogens is 362 g/mol. The van der Waals surface area contributed by atoms with Crippen LogP contribution in [0.25, 0.3) is 0 Å². The number of carbonyl (C=O) groups excluding carboxylic acids is 2. The summed E-state index contributed by atoms with van der Waals surface area (Å²) in [6, 6.07) is 0. The quantitative estimate of drug-likeness (QED) is 0.746. The molecule has 0 bridgehead atoms. The minimum atomic E-state index is 0. The van der Waals surface area contributed by atoms with E-state index in [0.717, 1.165) is 38.5 Å². The van der Waals surface area contributed by atoms with Crippen molar-refractivity contribution in [1.29, 1.82) is 0 Å². The van der Waals surface area contributed by atoms with Gasteiger partial charge >= 0.3 is 0 Å². The van der Waals surface area contributed by atoms with Gasteiger partial charge in [0, 0.05) is 39.0 Å². The Morgan fingerprint density at radius 2 is 1.48 bits per heavy atom. The smallest absolute Gasteiger partial charge is 0.222 e. The van der Waals surface area contributed by atoms with E-state index in [9.17, 15) is 9.59 Å².